The number of aliphatic hydroxyl groups is 1. The van der Waals surface area contributed by atoms with Crippen molar-refractivity contribution in [2.24, 2.45) is 5.92 Å². The summed E-state index contributed by atoms with van der Waals surface area (Å²) in [6, 6.07) is 10.5. The summed E-state index contributed by atoms with van der Waals surface area (Å²) in [4.78, 5) is 2.33. The molecular formula is C22H31NO4. The maximum absolute atomic E-state index is 10.9. The van der Waals surface area contributed by atoms with Crippen LogP contribution in [-0.2, 0) is 20.6 Å². The Kier molecular flexibility index (Phi) is 5.30. The highest BCUT2D eigenvalue weighted by molar-refractivity contribution is 5.16. The SMILES string of the molecule is C=C1O[C@H]([C@H]2COC(C)(C)O2)[C@H](O)[C@H]1N1CCC(Cc2ccccc2)CC1. The molecule has 3 aliphatic rings. The molecule has 1 aromatic rings. The molecule has 4 atom stereocenters. The van der Waals surface area contributed by atoms with Crippen LogP contribution in [0.25, 0.3) is 0 Å². The Balaban J connectivity index is 1.33. The van der Waals surface area contributed by atoms with Gasteiger partial charge in [-0.1, -0.05) is 36.9 Å². The van der Waals surface area contributed by atoms with E-state index in [0.717, 1.165) is 32.4 Å². The van der Waals surface area contributed by atoms with Crippen LogP contribution in [0, 0.1) is 5.92 Å². The van der Waals surface area contributed by atoms with Gasteiger partial charge in [-0.05, 0) is 57.7 Å². The number of nitrogens with zero attached hydrogens (tertiary/aromatic N) is 1. The van der Waals surface area contributed by atoms with Gasteiger partial charge in [-0.15, -0.1) is 0 Å². The van der Waals surface area contributed by atoms with E-state index in [4.69, 9.17) is 14.2 Å². The molecule has 5 heteroatoms. The van der Waals surface area contributed by atoms with E-state index in [2.05, 4.69) is 41.8 Å². The molecule has 5 nitrogen and oxygen atoms in total. The van der Waals surface area contributed by atoms with E-state index in [-0.39, 0.29) is 12.1 Å². The van der Waals surface area contributed by atoms with Crippen LogP contribution in [0.2, 0.25) is 0 Å². The first-order valence-corrected chi connectivity index (χ1v) is 10.1. The Labute approximate surface area is 161 Å². The van der Waals surface area contributed by atoms with Gasteiger partial charge < -0.3 is 19.3 Å². The monoisotopic (exact) mass is 373 g/mol. The Hall–Kier alpha value is -1.40. The minimum Gasteiger partial charge on any atom is -0.488 e. The number of piperidine rings is 1. The minimum absolute atomic E-state index is 0.153. The molecule has 0 saturated carbocycles. The quantitative estimate of drug-likeness (QED) is 0.880. The third-order valence-corrected chi connectivity index (χ3v) is 6.08. The lowest BCUT2D eigenvalue weighted by Gasteiger charge is -2.36. The van der Waals surface area contributed by atoms with Crippen LogP contribution in [0.15, 0.2) is 42.7 Å². The van der Waals surface area contributed by atoms with Gasteiger partial charge in [0, 0.05) is 0 Å². The number of likely N-dealkylation sites (tertiary alicyclic amines) is 1. The lowest BCUT2D eigenvalue weighted by atomic mass is 9.89. The molecule has 4 rings (SSSR count). The average molecular weight is 373 g/mol. The second-order valence-electron chi connectivity index (χ2n) is 8.52. The van der Waals surface area contributed by atoms with E-state index in [1.165, 1.54) is 5.56 Å². The Bertz CT molecular complexity index is 654. The van der Waals surface area contributed by atoms with Crippen molar-refractivity contribution >= 4 is 0 Å². The summed E-state index contributed by atoms with van der Waals surface area (Å²) in [6.07, 6.45) is 2.09. The first-order valence-electron chi connectivity index (χ1n) is 10.1. The van der Waals surface area contributed by atoms with Gasteiger partial charge in [-0.2, -0.15) is 0 Å². The zero-order valence-electron chi connectivity index (χ0n) is 16.3. The van der Waals surface area contributed by atoms with Gasteiger partial charge in [0.1, 0.15) is 18.0 Å². The summed E-state index contributed by atoms with van der Waals surface area (Å²) in [5, 5.41) is 10.9. The van der Waals surface area contributed by atoms with Crippen LogP contribution in [0.3, 0.4) is 0 Å². The summed E-state index contributed by atoms with van der Waals surface area (Å²) in [6.45, 7) is 10.2. The molecule has 0 spiro atoms. The molecule has 27 heavy (non-hydrogen) atoms. The second-order valence-corrected chi connectivity index (χ2v) is 8.52. The standard InChI is InChI=1S/C22H31NO4/c1-15-19(20(24)21(26-15)18-14-25-22(2,3)27-18)23-11-9-17(10-12-23)13-16-7-5-4-6-8-16/h4-8,17-21,24H,1,9-14H2,2-3H3/t18-,19+,20-,21-/m1/s1. The maximum atomic E-state index is 10.9. The summed E-state index contributed by atoms with van der Waals surface area (Å²) >= 11 is 0. The number of ether oxygens (including phenoxy) is 3. The third kappa shape index (κ3) is 4.06. The van der Waals surface area contributed by atoms with Gasteiger partial charge in [0.15, 0.2) is 11.9 Å². The number of aliphatic hydroxyl groups excluding tert-OH is 1. The van der Waals surface area contributed by atoms with Crippen molar-refractivity contribution in [1.82, 2.24) is 4.90 Å². The van der Waals surface area contributed by atoms with Crippen molar-refractivity contribution in [3.05, 3.63) is 48.2 Å². The molecule has 0 radical (unpaired) electrons. The minimum atomic E-state index is -0.634. The predicted octanol–water partition coefficient (Wildman–Crippen LogP) is 2.73. The fourth-order valence-corrected chi connectivity index (χ4v) is 4.66. The van der Waals surface area contributed by atoms with Crippen LogP contribution < -0.4 is 0 Å². The van der Waals surface area contributed by atoms with Gasteiger partial charge in [-0.25, -0.2) is 0 Å². The lowest BCUT2D eigenvalue weighted by molar-refractivity contribution is -0.156. The summed E-state index contributed by atoms with van der Waals surface area (Å²) in [5.41, 5.74) is 1.41. The summed E-state index contributed by atoms with van der Waals surface area (Å²) < 4.78 is 17.5. The van der Waals surface area contributed by atoms with E-state index in [9.17, 15) is 5.11 Å². The highest BCUT2D eigenvalue weighted by Gasteiger charge is 2.50. The van der Waals surface area contributed by atoms with Crippen molar-refractivity contribution in [3.8, 4) is 0 Å². The molecule has 148 valence electrons. The molecule has 0 unspecified atom stereocenters. The lowest BCUT2D eigenvalue weighted by Crippen LogP contribution is -2.50. The molecule has 0 aliphatic carbocycles. The van der Waals surface area contributed by atoms with Crippen LogP contribution in [0.1, 0.15) is 32.3 Å². The van der Waals surface area contributed by atoms with E-state index in [0.29, 0.717) is 18.3 Å². The first-order chi connectivity index (χ1) is 12.9. The molecule has 3 fully saturated rings. The maximum Gasteiger partial charge on any atom is 0.163 e. The first kappa shape index (κ1) is 18.9. The zero-order valence-corrected chi connectivity index (χ0v) is 16.3. The molecule has 3 aliphatic heterocycles. The highest BCUT2D eigenvalue weighted by Crippen LogP contribution is 2.36. The van der Waals surface area contributed by atoms with Gasteiger partial charge in [-0.3, -0.25) is 4.90 Å². The van der Waals surface area contributed by atoms with Crippen LogP contribution in [0.5, 0.6) is 0 Å². The topological polar surface area (TPSA) is 51.2 Å². The molecule has 0 amide bonds. The normalized spacial score (nSPS) is 34.7. The van der Waals surface area contributed by atoms with Crippen molar-refractivity contribution in [2.45, 2.75) is 63.3 Å². The fourth-order valence-electron chi connectivity index (χ4n) is 4.66. The Morgan fingerprint density at radius 1 is 1.19 bits per heavy atom. The van der Waals surface area contributed by atoms with Gasteiger partial charge in [0.05, 0.1) is 12.6 Å². The van der Waals surface area contributed by atoms with Gasteiger partial charge in [0.2, 0.25) is 0 Å². The smallest absolute Gasteiger partial charge is 0.163 e. The second kappa shape index (κ2) is 7.55. The zero-order chi connectivity index (χ0) is 19.0. The van der Waals surface area contributed by atoms with Crippen molar-refractivity contribution in [2.75, 3.05) is 19.7 Å². The molecule has 1 aromatic carbocycles. The largest absolute Gasteiger partial charge is 0.488 e. The number of benzene rings is 1. The van der Waals surface area contributed by atoms with Crippen LogP contribution in [-0.4, -0.2) is 59.8 Å². The van der Waals surface area contributed by atoms with Crippen LogP contribution >= 0.6 is 0 Å². The van der Waals surface area contributed by atoms with Crippen LogP contribution in [0.4, 0.5) is 0 Å². The molecule has 0 aromatic heterocycles. The number of hydrogen-bond acceptors (Lipinski definition) is 5. The Morgan fingerprint density at radius 2 is 1.89 bits per heavy atom. The third-order valence-electron chi connectivity index (χ3n) is 6.08. The highest BCUT2D eigenvalue weighted by atomic mass is 16.8. The van der Waals surface area contributed by atoms with E-state index in [1.54, 1.807) is 0 Å². The van der Waals surface area contributed by atoms with E-state index >= 15 is 0 Å². The molecule has 1 N–H and O–H groups in total. The van der Waals surface area contributed by atoms with Gasteiger partial charge >= 0.3 is 0 Å². The molecule has 3 heterocycles. The number of rotatable bonds is 4. The van der Waals surface area contributed by atoms with Gasteiger partial charge in [0.25, 0.3) is 0 Å². The molecule has 3 saturated heterocycles. The predicted molar refractivity (Wildman–Crippen MR) is 103 cm³/mol. The molecule has 0 bridgehead atoms. The van der Waals surface area contributed by atoms with Crippen molar-refractivity contribution in [1.29, 1.82) is 0 Å². The van der Waals surface area contributed by atoms with Crippen molar-refractivity contribution in [3.63, 3.8) is 0 Å². The van der Waals surface area contributed by atoms with Crippen molar-refractivity contribution < 1.29 is 19.3 Å². The molecular weight excluding hydrogens is 342 g/mol. The summed E-state index contributed by atoms with van der Waals surface area (Å²) in [7, 11) is 0. The fraction of sp³-hybridized carbons (Fsp3) is 0.636. The number of hydrogen-bond donors (Lipinski definition) is 1. The average Bonchev–Trinajstić information content (AvgIpc) is 3.15. The van der Waals surface area contributed by atoms with E-state index < -0.39 is 18.0 Å². The summed E-state index contributed by atoms with van der Waals surface area (Å²) in [5.74, 6) is 0.727. The Morgan fingerprint density at radius 3 is 2.52 bits per heavy atom. The van der Waals surface area contributed by atoms with E-state index in [1.807, 2.05) is 13.8 Å².